The number of nitriles is 1. The number of nitrogens with one attached hydrogen (secondary N) is 1. The number of amides is 2. The van der Waals surface area contributed by atoms with Crippen LogP contribution in [0.3, 0.4) is 0 Å². The molecule has 24 heavy (non-hydrogen) atoms. The molecular weight excluding hydrogens is 304 g/mol. The second kappa shape index (κ2) is 8.44. The number of carbonyl (C=O) groups excluding carboxylic acids is 2. The van der Waals surface area contributed by atoms with Crippen LogP contribution in [0.15, 0.2) is 48.8 Å². The molecule has 0 fully saturated rings. The van der Waals surface area contributed by atoms with Crippen LogP contribution in [0.5, 0.6) is 0 Å². The summed E-state index contributed by atoms with van der Waals surface area (Å²) in [6, 6.07) is 12.4. The molecule has 6 nitrogen and oxygen atoms in total. The topological polar surface area (TPSA) is 86.1 Å². The summed E-state index contributed by atoms with van der Waals surface area (Å²) in [6.07, 6.45) is 3.56. The molecule has 0 aliphatic carbocycles. The van der Waals surface area contributed by atoms with E-state index in [1.807, 2.05) is 18.2 Å². The second-order valence-corrected chi connectivity index (χ2v) is 5.22. The Kier molecular flexibility index (Phi) is 6.03. The van der Waals surface area contributed by atoms with Crippen molar-refractivity contribution in [2.75, 3.05) is 11.4 Å². The number of hydrogen-bond acceptors (Lipinski definition) is 4. The Bertz CT molecular complexity index is 736. The molecule has 2 rings (SSSR count). The van der Waals surface area contributed by atoms with Crippen LogP contribution in [-0.2, 0) is 16.1 Å². The predicted octanol–water partition coefficient (Wildman–Crippen LogP) is 2.01. The van der Waals surface area contributed by atoms with E-state index in [2.05, 4.69) is 10.3 Å². The first-order valence-electron chi connectivity index (χ1n) is 7.54. The molecule has 1 aromatic heterocycles. The van der Waals surface area contributed by atoms with Crippen molar-refractivity contribution in [1.82, 2.24) is 10.3 Å². The number of aromatic nitrogens is 1. The maximum Gasteiger partial charge on any atom is 0.223 e. The van der Waals surface area contributed by atoms with E-state index < -0.39 is 0 Å². The van der Waals surface area contributed by atoms with Crippen LogP contribution in [0.4, 0.5) is 5.69 Å². The first-order valence-corrected chi connectivity index (χ1v) is 7.54. The molecule has 1 N–H and O–H groups in total. The molecular formula is C18H18N4O2. The van der Waals surface area contributed by atoms with Gasteiger partial charge in [-0.25, -0.2) is 0 Å². The lowest BCUT2D eigenvalue weighted by Gasteiger charge is -2.21. The molecule has 6 heteroatoms. The molecule has 0 atom stereocenters. The Morgan fingerprint density at radius 1 is 1.25 bits per heavy atom. The lowest BCUT2D eigenvalue weighted by Crippen LogP contribution is -2.33. The van der Waals surface area contributed by atoms with E-state index in [-0.39, 0.29) is 24.8 Å². The molecule has 0 aliphatic heterocycles. The summed E-state index contributed by atoms with van der Waals surface area (Å²) >= 11 is 0. The number of rotatable bonds is 6. The molecule has 0 aliphatic rings. The SMILES string of the molecule is CC(=O)N(CCC(=O)NCc1cccnc1)c1ccc(C#N)cc1. The number of nitrogens with zero attached hydrogens (tertiary/aromatic N) is 3. The van der Waals surface area contributed by atoms with Gasteiger partial charge in [-0.2, -0.15) is 5.26 Å². The van der Waals surface area contributed by atoms with Gasteiger partial charge in [0.2, 0.25) is 11.8 Å². The van der Waals surface area contributed by atoms with Crippen molar-refractivity contribution in [2.45, 2.75) is 19.9 Å². The summed E-state index contributed by atoms with van der Waals surface area (Å²) in [5, 5.41) is 11.6. The molecule has 122 valence electrons. The maximum atomic E-state index is 12.0. The number of pyridine rings is 1. The molecule has 2 aromatic rings. The highest BCUT2D eigenvalue weighted by Crippen LogP contribution is 2.15. The number of anilines is 1. The zero-order valence-corrected chi connectivity index (χ0v) is 13.4. The second-order valence-electron chi connectivity index (χ2n) is 5.22. The van der Waals surface area contributed by atoms with E-state index in [1.54, 1.807) is 36.7 Å². The normalized spacial score (nSPS) is 9.83. The minimum Gasteiger partial charge on any atom is -0.352 e. The lowest BCUT2D eigenvalue weighted by molar-refractivity contribution is -0.121. The van der Waals surface area contributed by atoms with E-state index in [9.17, 15) is 9.59 Å². The summed E-state index contributed by atoms with van der Waals surface area (Å²) in [4.78, 5) is 29.3. The van der Waals surface area contributed by atoms with Gasteiger partial charge in [-0.1, -0.05) is 6.07 Å². The summed E-state index contributed by atoms with van der Waals surface area (Å²) in [5.41, 5.74) is 2.11. The molecule has 1 aromatic carbocycles. The number of hydrogen-bond donors (Lipinski definition) is 1. The fourth-order valence-corrected chi connectivity index (χ4v) is 2.19. The van der Waals surface area contributed by atoms with Crippen molar-refractivity contribution in [3.63, 3.8) is 0 Å². The van der Waals surface area contributed by atoms with E-state index >= 15 is 0 Å². The fourth-order valence-electron chi connectivity index (χ4n) is 2.19. The zero-order valence-electron chi connectivity index (χ0n) is 13.4. The van der Waals surface area contributed by atoms with Gasteiger partial charge in [0, 0.05) is 44.5 Å². The summed E-state index contributed by atoms with van der Waals surface area (Å²) in [6.45, 7) is 2.13. The minimum absolute atomic E-state index is 0.140. The zero-order chi connectivity index (χ0) is 17.4. The van der Waals surface area contributed by atoms with E-state index in [0.29, 0.717) is 17.8 Å². The van der Waals surface area contributed by atoms with Gasteiger partial charge in [0.15, 0.2) is 0 Å². The van der Waals surface area contributed by atoms with Crippen LogP contribution in [0.1, 0.15) is 24.5 Å². The van der Waals surface area contributed by atoms with Crippen molar-refractivity contribution >= 4 is 17.5 Å². The largest absolute Gasteiger partial charge is 0.352 e. The Morgan fingerprint density at radius 3 is 2.58 bits per heavy atom. The van der Waals surface area contributed by atoms with Gasteiger partial charge in [-0.15, -0.1) is 0 Å². The first kappa shape index (κ1) is 17.2. The third-order valence-corrected chi connectivity index (χ3v) is 3.46. The Morgan fingerprint density at radius 2 is 2.00 bits per heavy atom. The smallest absolute Gasteiger partial charge is 0.223 e. The Hall–Kier alpha value is -3.20. The molecule has 2 amide bonds. The average Bonchev–Trinajstić information content (AvgIpc) is 2.61. The van der Waals surface area contributed by atoms with Gasteiger partial charge < -0.3 is 10.2 Å². The van der Waals surface area contributed by atoms with E-state index in [1.165, 1.54) is 11.8 Å². The molecule has 0 radical (unpaired) electrons. The van der Waals surface area contributed by atoms with Crippen molar-refractivity contribution < 1.29 is 9.59 Å². The third kappa shape index (κ3) is 4.92. The summed E-state index contributed by atoms with van der Waals surface area (Å²) in [5.74, 6) is -0.293. The molecule has 1 heterocycles. The van der Waals surface area contributed by atoms with Crippen LogP contribution in [0, 0.1) is 11.3 Å². The maximum absolute atomic E-state index is 12.0. The van der Waals surface area contributed by atoms with Crippen molar-refractivity contribution in [3.8, 4) is 6.07 Å². The molecule has 0 unspecified atom stereocenters. The van der Waals surface area contributed by atoms with Gasteiger partial charge in [-0.05, 0) is 35.9 Å². The average molecular weight is 322 g/mol. The van der Waals surface area contributed by atoms with Crippen molar-refractivity contribution in [2.24, 2.45) is 0 Å². The Balaban J connectivity index is 1.90. The number of benzene rings is 1. The lowest BCUT2D eigenvalue weighted by atomic mass is 10.2. The van der Waals surface area contributed by atoms with Crippen LogP contribution in [0.25, 0.3) is 0 Å². The van der Waals surface area contributed by atoms with Crippen LogP contribution >= 0.6 is 0 Å². The van der Waals surface area contributed by atoms with Crippen LogP contribution < -0.4 is 10.2 Å². The van der Waals surface area contributed by atoms with Gasteiger partial charge in [0.25, 0.3) is 0 Å². The number of carbonyl (C=O) groups is 2. The highest BCUT2D eigenvalue weighted by atomic mass is 16.2. The van der Waals surface area contributed by atoms with E-state index in [0.717, 1.165) is 5.56 Å². The fraction of sp³-hybridized carbons (Fsp3) is 0.222. The van der Waals surface area contributed by atoms with Gasteiger partial charge in [0.1, 0.15) is 0 Å². The predicted molar refractivity (Wildman–Crippen MR) is 89.9 cm³/mol. The van der Waals surface area contributed by atoms with Crippen molar-refractivity contribution in [3.05, 3.63) is 59.9 Å². The van der Waals surface area contributed by atoms with Crippen molar-refractivity contribution in [1.29, 1.82) is 5.26 Å². The van der Waals surface area contributed by atoms with Gasteiger partial charge in [0.05, 0.1) is 11.6 Å². The molecule has 0 saturated heterocycles. The first-order chi connectivity index (χ1) is 11.6. The molecule has 0 bridgehead atoms. The quantitative estimate of drug-likeness (QED) is 0.881. The molecule has 0 spiro atoms. The van der Waals surface area contributed by atoms with Crippen LogP contribution in [-0.4, -0.2) is 23.3 Å². The standard InChI is InChI=1S/C18H18N4O2/c1-14(23)22(17-6-4-15(11-19)5-7-17)10-8-18(24)21-13-16-3-2-9-20-12-16/h2-7,9,12H,8,10,13H2,1H3,(H,21,24). The van der Waals surface area contributed by atoms with E-state index in [4.69, 9.17) is 5.26 Å². The highest BCUT2D eigenvalue weighted by Gasteiger charge is 2.13. The summed E-state index contributed by atoms with van der Waals surface area (Å²) < 4.78 is 0. The molecule has 0 saturated carbocycles. The monoisotopic (exact) mass is 322 g/mol. The van der Waals surface area contributed by atoms with Gasteiger partial charge in [-0.3, -0.25) is 14.6 Å². The third-order valence-electron chi connectivity index (χ3n) is 3.46. The van der Waals surface area contributed by atoms with Crippen LogP contribution in [0.2, 0.25) is 0 Å². The Labute approximate surface area is 140 Å². The van der Waals surface area contributed by atoms with Gasteiger partial charge >= 0.3 is 0 Å². The highest BCUT2D eigenvalue weighted by molar-refractivity contribution is 5.92. The minimum atomic E-state index is -0.153. The summed E-state index contributed by atoms with van der Waals surface area (Å²) in [7, 11) is 0.